The summed E-state index contributed by atoms with van der Waals surface area (Å²) in [5.41, 5.74) is 0.311. The largest absolute Gasteiger partial charge is 0.394 e. The molecule has 26 heavy (non-hydrogen) atoms. The summed E-state index contributed by atoms with van der Waals surface area (Å²) in [6.07, 6.45) is -4.08. The van der Waals surface area contributed by atoms with Gasteiger partial charge in [0.25, 0.3) is 5.69 Å². The standard InChI is InChI=1S/C15H17N3O7S/c19-5-8(20)12-11(22)10(21)9-13(26-12)15(23)17-14(16-9)6-1-3-7(4-2-6)18(24)25/h1-4,8-13,19-22H,5H2,(H,16,17,23)/t8-,9?,10-,11+,12?,13?/m1/s1. The number of amides is 1. The molecule has 0 saturated carbocycles. The first-order valence-electron chi connectivity index (χ1n) is 7.77. The van der Waals surface area contributed by atoms with E-state index in [-0.39, 0.29) is 11.5 Å². The van der Waals surface area contributed by atoms with Gasteiger partial charge >= 0.3 is 0 Å². The molecule has 3 unspecified atom stereocenters. The van der Waals surface area contributed by atoms with Gasteiger partial charge in [0, 0.05) is 17.7 Å². The zero-order chi connectivity index (χ0) is 19.0. The van der Waals surface area contributed by atoms with Crippen molar-refractivity contribution < 1.29 is 30.1 Å². The summed E-state index contributed by atoms with van der Waals surface area (Å²) in [6, 6.07) is 4.44. The number of fused-ring (bicyclic) bond motifs is 1. The summed E-state index contributed by atoms with van der Waals surface area (Å²) in [5, 5.41) is 50.9. The van der Waals surface area contributed by atoms with E-state index in [1.165, 1.54) is 24.3 Å². The van der Waals surface area contributed by atoms with Crippen LogP contribution in [-0.4, -0.2) is 78.6 Å². The molecular weight excluding hydrogens is 366 g/mol. The average Bonchev–Trinajstić information content (AvgIpc) is 2.64. The van der Waals surface area contributed by atoms with Gasteiger partial charge < -0.3 is 25.7 Å². The van der Waals surface area contributed by atoms with Crippen LogP contribution in [0.2, 0.25) is 0 Å². The molecule has 10 nitrogen and oxygen atoms in total. The second-order valence-electron chi connectivity index (χ2n) is 6.01. The predicted molar refractivity (Wildman–Crippen MR) is 91.8 cm³/mol. The summed E-state index contributed by atoms with van der Waals surface area (Å²) >= 11 is 0.943. The minimum absolute atomic E-state index is 0.112. The Kier molecular flexibility index (Phi) is 5.25. The number of nitro benzene ring substituents is 1. The minimum atomic E-state index is -1.41. The number of aliphatic hydroxyl groups excluding tert-OH is 4. The molecule has 0 aliphatic carbocycles. The van der Waals surface area contributed by atoms with Gasteiger partial charge in [-0.05, 0) is 12.1 Å². The Bertz CT molecular complexity index is 741. The number of hydrogen-bond acceptors (Lipinski definition) is 9. The van der Waals surface area contributed by atoms with E-state index in [9.17, 15) is 30.2 Å². The number of amidine groups is 1. The number of carbonyl (C=O) groups is 1. The maximum Gasteiger partial charge on any atom is 0.269 e. The summed E-state index contributed by atoms with van der Waals surface area (Å²) in [4.78, 5) is 26.9. The van der Waals surface area contributed by atoms with Gasteiger partial charge in [-0.25, -0.2) is 0 Å². The molecule has 1 aromatic carbocycles. The molecule has 0 bridgehead atoms. The molecule has 1 amide bonds. The minimum Gasteiger partial charge on any atom is -0.394 e. The first-order chi connectivity index (χ1) is 12.3. The number of nitrogens with zero attached hydrogens (tertiary/aromatic N) is 2. The third-order valence-electron chi connectivity index (χ3n) is 4.35. The van der Waals surface area contributed by atoms with Crippen molar-refractivity contribution in [3.8, 4) is 0 Å². The van der Waals surface area contributed by atoms with Crippen LogP contribution in [0.15, 0.2) is 29.3 Å². The second kappa shape index (κ2) is 7.29. The summed E-state index contributed by atoms with van der Waals surface area (Å²) in [7, 11) is 0. The van der Waals surface area contributed by atoms with Crippen LogP contribution < -0.4 is 5.32 Å². The maximum atomic E-state index is 12.4. The number of thioether (sulfide) groups is 1. The fourth-order valence-electron chi connectivity index (χ4n) is 2.95. The molecular formula is C15H17N3O7S. The average molecular weight is 383 g/mol. The van der Waals surface area contributed by atoms with E-state index in [2.05, 4.69) is 10.3 Å². The van der Waals surface area contributed by atoms with E-state index in [4.69, 9.17) is 5.11 Å². The quantitative estimate of drug-likeness (QED) is 0.306. The van der Waals surface area contributed by atoms with Crippen molar-refractivity contribution in [2.45, 2.75) is 34.9 Å². The van der Waals surface area contributed by atoms with E-state index >= 15 is 0 Å². The van der Waals surface area contributed by atoms with Crippen LogP contribution in [0.25, 0.3) is 0 Å². The molecule has 2 aliphatic heterocycles. The zero-order valence-electron chi connectivity index (χ0n) is 13.3. The fourth-order valence-corrected chi connectivity index (χ4v) is 4.44. The molecule has 5 N–H and O–H groups in total. The van der Waals surface area contributed by atoms with Crippen molar-refractivity contribution in [2.75, 3.05) is 6.61 Å². The normalized spacial score (nSPS) is 32.2. The molecule has 0 spiro atoms. The predicted octanol–water partition coefficient (Wildman–Crippen LogP) is -1.60. The maximum absolute atomic E-state index is 12.4. The summed E-state index contributed by atoms with van der Waals surface area (Å²) in [6.45, 7) is -0.613. The lowest BCUT2D eigenvalue weighted by atomic mass is 9.95. The van der Waals surface area contributed by atoms with Gasteiger partial charge in [0.05, 0.1) is 29.0 Å². The fraction of sp³-hybridized carbons (Fsp3) is 0.467. The van der Waals surface area contributed by atoms with Gasteiger partial charge in [-0.1, -0.05) is 0 Å². The number of rotatable bonds is 4. The molecule has 1 fully saturated rings. The van der Waals surface area contributed by atoms with Gasteiger partial charge in [0.15, 0.2) is 0 Å². The van der Waals surface area contributed by atoms with Crippen LogP contribution in [0.5, 0.6) is 0 Å². The van der Waals surface area contributed by atoms with Crippen molar-refractivity contribution in [2.24, 2.45) is 4.99 Å². The lowest BCUT2D eigenvalue weighted by Gasteiger charge is -2.43. The van der Waals surface area contributed by atoms with Gasteiger partial charge in [-0.2, -0.15) is 0 Å². The van der Waals surface area contributed by atoms with E-state index < -0.39 is 52.3 Å². The lowest BCUT2D eigenvalue weighted by molar-refractivity contribution is -0.384. The van der Waals surface area contributed by atoms with Crippen molar-refractivity contribution in [1.82, 2.24) is 5.32 Å². The van der Waals surface area contributed by atoms with Crippen LogP contribution in [0.4, 0.5) is 5.69 Å². The zero-order valence-corrected chi connectivity index (χ0v) is 14.1. The highest BCUT2D eigenvalue weighted by Gasteiger charge is 2.50. The molecule has 6 atom stereocenters. The summed E-state index contributed by atoms with van der Waals surface area (Å²) in [5.74, 6) is -0.330. The Morgan fingerprint density at radius 3 is 2.50 bits per heavy atom. The third-order valence-corrected chi connectivity index (χ3v) is 6.04. The van der Waals surface area contributed by atoms with Gasteiger partial charge in [0.1, 0.15) is 23.2 Å². The van der Waals surface area contributed by atoms with Crippen molar-refractivity contribution in [3.63, 3.8) is 0 Å². The van der Waals surface area contributed by atoms with Crippen LogP contribution in [0.1, 0.15) is 5.56 Å². The van der Waals surface area contributed by atoms with E-state index in [1.807, 2.05) is 0 Å². The number of carbonyl (C=O) groups excluding carboxylic acids is 1. The second-order valence-corrected chi connectivity index (χ2v) is 7.34. The number of nitrogens with one attached hydrogen (secondary N) is 1. The highest BCUT2D eigenvalue weighted by molar-refractivity contribution is 8.01. The number of benzene rings is 1. The van der Waals surface area contributed by atoms with Crippen LogP contribution in [-0.2, 0) is 4.79 Å². The molecule has 3 rings (SSSR count). The van der Waals surface area contributed by atoms with Crippen LogP contribution in [0.3, 0.4) is 0 Å². The van der Waals surface area contributed by atoms with Crippen molar-refractivity contribution >= 4 is 29.2 Å². The SMILES string of the molecule is O=C1NC(c2ccc([N+](=O)[O-])cc2)=NC2C1SC([C@H](O)CO)[C@@H](O)[C@@H]2O. The van der Waals surface area contributed by atoms with Gasteiger partial charge in [0.2, 0.25) is 5.91 Å². The van der Waals surface area contributed by atoms with Gasteiger partial charge in [-0.3, -0.25) is 19.9 Å². The molecule has 1 aromatic rings. The molecule has 2 aliphatic rings. The molecule has 11 heteroatoms. The Balaban J connectivity index is 1.88. The topological polar surface area (TPSA) is 166 Å². The van der Waals surface area contributed by atoms with E-state index in [1.54, 1.807) is 0 Å². The van der Waals surface area contributed by atoms with Crippen molar-refractivity contribution in [1.29, 1.82) is 0 Å². The highest BCUT2D eigenvalue weighted by atomic mass is 32.2. The highest BCUT2D eigenvalue weighted by Crippen LogP contribution is 2.37. The smallest absolute Gasteiger partial charge is 0.269 e. The third kappa shape index (κ3) is 3.31. The Labute approximate surface area is 151 Å². The summed E-state index contributed by atoms with van der Waals surface area (Å²) < 4.78 is 0. The molecule has 0 aromatic heterocycles. The monoisotopic (exact) mass is 383 g/mol. The number of aliphatic imine (C=N–C) groups is 1. The first kappa shape index (κ1) is 18.7. The molecule has 0 radical (unpaired) electrons. The van der Waals surface area contributed by atoms with E-state index in [0.29, 0.717) is 5.56 Å². The lowest BCUT2D eigenvalue weighted by Crippen LogP contribution is -2.62. The number of non-ortho nitro benzene ring substituents is 1. The Morgan fingerprint density at radius 1 is 1.27 bits per heavy atom. The van der Waals surface area contributed by atoms with Crippen LogP contribution >= 0.6 is 11.8 Å². The Morgan fingerprint density at radius 2 is 1.92 bits per heavy atom. The number of hydrogen-bond donors (Lipinski definition) is 5. The van der Waals surface area contributed by atoms with Crippen LogP contribution in [0, 0.1) is 10.1 Å². The first-order valence-corrected chi connectivity index (χ1v) is 8.71. The van der Waals surface area contributed by atoms with Gasteiger partial charge in [-0.15, -0.1) is 11.8 Å². The number of aliphatic hydroxyl groups is 4. The Hall–Kier alpha value is -2.05. The molecule has 140 valence electrons. The molecule has 2 heterocycles. The molecule has 1 saturated heterocycles. The number of nitro groups is 1. The van der Waals surface area contributed by atoms with Crippen molar-refractivity contribution in [3.05, 3.63) is 39.9 Å². The van der Waals surface area contributed by atoms with E-state index in [0.717, 1.165) is 11.8 Å².